The van der Waals surface area contributed by atoms with Crippen LogP contribution in [0, 0.1) is 11.8 Å². The number of aliphatic hydroxyl groups is 1. The van der Waals surface area contributed by atoms with E-state index < -0.39 is 6.10 Å². The molecule has 1 aliphatic heterocycles. The Morgan fingerprint density at radius 2 is 1.75 bits per heavy atom. The molecule has 2 aromatic heterocycles. The lowest BCUT2D eigenvalue weighted by Crippen LogP contribution is -2.36. The molecule has 6 rings (SSSR count). The highest BCUT2D eigenvalue weighted by atomic mass is 16.3. The number of para-hydroxylation sites is 2. The van der Waals surface area contributed by atoms with Crippen LogP contribution >= 0.6 is 0 Å². The first-order valence-electron chi connectivity index (χ1n) is 11.2. The molecule has 1 saturated heterocycles. The van der Waals surface area contributed by atoms with Crippen LogP contribution in [-0.2, 0) is 0 Å². The minimum atomic E-state index is -0.433. The second-order valence-electron chi connectivity index (χ2n) is 8.97. The van der Waals surface area contributed by atoms with Crippen LogP contribution in [0.3, 0.4) is 0 Å². The van der Waals surface area contributed by atoms with Crippen molar-refractivity contribution in [1.29, 1.82) is 0 Å². The maximum Gasteiger partial charge on any atom is 0.253 e. The largest absolute Gasteiger partial charge is 0.391 e. The Balaban J connectivity index is 1.18. The van der Waals surface area contributed by atoms with E-state index >= 15 is 0 Å². The minimum absolute atomic E-state index is 0.00736. The third-order valence-electron chi connectivity index (χ3n) is 7.12. The number of hydrogen-bond donors (Lipinski definition) is 1. The number of fused-ring (bicyclic) bond motifs is 2. The molecular weight excluding hydrogens is 402 g/mol. The van der Waals surface area contributed by atoms with Crippen LogP contribution in [0.2, 0.25) is 0 Å². The lowest BCUT2D eigenvalue weighted by Gasteiger charge is -2.36. The molecule has 0 bridgehead atoms. The van der Waals surface area contributed by atoms with Gasteiger partial charge in [-0.2, -0.15) is 5.10 Å². The van der Waals surface area contributed by atoms with Gasteiger partial charge in [-0.25, -0.2) is 9.67 Å². The summed E-state index contributed by atoms with van der Waals surface area (Å²) in [5, 5.41) is 15.2. The molecule has 1 aliphatic carbocycles. The van der Waals surface area contributed by atoms with Gasteiger partial charge in [0.25, 0.3) is 5.91 Å². The van der Waals surface area contributed by atoms with Crippen LogP contribution in [0.4, 0.5) is 0 Å². The molecule has 32 heavy (non-hydrogen) atoms. The van der Waals surface area contributed by atoms with E-state index in [0.29, 0.717) is 30.4 Å². The van der Waals surface area contributed by atoms with Crippen LogP contribution in [0.25, 0.3) is 16.7 Å². The number of carbonyl (C=O) groups excluding carboxylic acids is 1. The predicted molar refractivity (Wildman–Crippen MR) is 120 cm³/mol. The van der Waals surface area contributed by atoms with E-state index in [0.717, 1.165) is 29.7 Å². The molecule has 0 radical (unpaired) electrons. The number of amides is 1. The zero-order chi connectivity index (χ0) is 21.7. The molecule has 0 unspecified atom stereocenters. The number of benzene rings is 2. The molecule has 162 valence electrons. The van der Waals surface area contributed by atoms with Crippen molar-refractivity contribution < 1.29 is 9.90 Å². The van der Waals surface area contributed by atoms with Crippen molar-refractivity contribution in [3.63, 3.8) is 0 Å². The maximum absolute atomic E-state index is 13.2. The third kappa shape index (κ3) is 3.20. The highest BCUT2D eigenvalue weighted by Gasteiger charge is 2.43. The standard InChI is InChI=1S/C25H25N5O2/c31-24-13-19-15-28(25(32)17-6-8-20(9-7-17)30-11-3-10-27-30)14-18(19)12-23(24)29-16-26-21-4-1-2-5-22(21)29/h1-11,16,18-19,23-24,31H,12-15H2/t18-,19+,23-,24-/m1/s1. The van der Waals surface area contributed by atoms with Gasteiger partial charge in [0.2, 0.25) is 0 Å². The van der Waals surface area contributed by atoms with E-state index in [2.05, 4.69) is 20.7 Å². The number of nitrogens with zero attached hydrogens (tertiary/aromatic N) is 5. The quantitative estimate of drug-likeness (QED) is 0.544. The summed E-state index contributed by atoms with van der Waals surface area (Å²) in [5.41, 5.74) is 3.62. The summed E-state index contributed by atoms with van der Waals surface area (Å²) in [6.07, 6.45) is 6.60. The highest BCUT2D eigenvalue weighted by Crippen LogP contribution is 2.42. The van der Waals surface area contributed by atoms with Gasteiger partial charge in [-0.05, 0) is 67.1 Å². The second-order valence-corrected chi connectivity index (χ2v) is 8.97. The van der Waals surface area contributed by atoms with E-state index in [9.17, 15) is 9.90 Å². The second kappa shape index (κ2) is 7.60. The number of imidazole rings is 1. The number of likely N-dealkylation sites (tertiary alicyclic amines) is 1. The van der Waals surface area contributed by atoms with Crippen LogP contribution in [0.15, 0.2) is 73.3 Å². The van der Waals surface area contributed by atoms with Crippen molar-refractivity contribution in [2.24, 2.45) is 11.8 Å². The first-order valence-corrected chi connectivity index (χ1v) is 11.2. The van der Waals surface area contributed by atoms with Crippen molar-refractivity contribution in [1.82, 2.24) is 24.2 Å². The fourth-order valence-corrected chi connectivity index (χ4v) is 5.48. The summed E-state index contributed by atoms with van der Waals surface area (Å²) in [5.74, 6) is 0.783. The molecule has 0 spiro atoms. The minimum Gasteiger partial charge on any atom is -0.391 e. The zero-order valence-electron chi connectivity index (χ0n) is 17.7. The zero-order valence-corrected chi connectivity index (χ0v) is 17.7. The van der Waals surface area contributed by atoms with Gasteiger partial charge in [0.1, 0.15) is 0 Å². The molecule has 2 aromatic carbocycles. The van der Waals surface area contributed by atoms with Crippen molar-refractivity contribution in [3.05, 3.63) is 78.9 Å². The SMILES string of the molecule is O=C(c1ccc(-n2cccn2)cc1)N1C[C@H]2C[C@@H](n3cnc4ccccc43)[C@H](O)C[C@H]2C1. The summed E-state index contributed by atoms with van der Waals surface area (Å²) in [7, 11) is 0. The molecule has 7 heteroatoms. The molecular formula is C25H25N5O2. The van der Waals surface area contributed by atoms with Crippen LogP contribution < -0.4 is 0 Å². The smallest absolute Gasteiger partial charge is 0.253 e. The lowest BCUT2D eigenvalue weighted by atomic mass is 9.77. The Hall–Kier alpha value is -3.45. The van der Waals surface area contributed by atoms with Crippen LogP contribution in [0.5, 0.6) is 0 Å². The van der Waals surface area contributed by atoms with Crippen molar-refractivity contribution in [2.75, 3.05) is 13.1 Å². The Labute approximate surface area is 185 Å². The summed E-state index contributed by atoms with van der Waals surface area (Å²) in [4.78, 5) is 19.6. The molecule has 2 aliphatic rings. The monoisotopic (exact) mass is 427 g/mol. The van der Waals surface area contributed by atoms with Gasteiger partial charge < -0.3 is 14.6 Å². The molecule has 1 saturated carbocycles. The highest BCUT2D eigenvalue weighted by molar-refractivity contribution is 5.94. The van der Waals surface area contributed by atoms with Gasteiger partial charge in [0.15, 0.2) is 0 Å². The lowest BCUT2D eigenvalue weighted by molar-refractivity contribution is 0.0374. The first-order chi connectivity index (χ1) is 15.7. The van der Waals surface area contributed by atoms with Gasteiger partial charge in [-0.15, -0.1) is 0 Å². The maximum atomic E-state index is 13.2. The molecule has 4 aromatic rings. The van der Waals surface area contributed by atoms with E-state index in [1.807, 2.05) is 66.0 Å². The molecule has 1 N–H and O–H groups in total. The fourth-order valence-electron chi connectivity index (χ4n) is 5.48. The fraction of sp³-hybridized carbons (Fsp3) is 0.320. The molecule has 1 amide bonds. The summed E-state index contributed by atoms with van der Waals surface area (Å²) in [6, 6.07) is 17.5. The summed E-state index contributed by atoms with van der Waals surface area (Å²) in [6.45, 7) is 1.44. The van der Waals surface area contributed by atoms with Gasteiger partial charge in [-0.3, -0.25) is 4.79 Å². The Morgan fingerprint density at radius 1 is 0.969 bits per heavy atom. The van der Waals surface area contributed by atoms with E-state index in [-0.39, 0.29) is 11.9 Å². The summed E-state index contributed by atoms with van der Waals surface area (Å²) < 4.78 is 3.90. The van der Waals surface area contributed by atoms with Crippen molar-refractivity contribution >= 4 is 16.9 Å². The Bertz CT molecular complexity index is 1250. The van der Waals surface area contributed by atoms with Crippen molar-refractivity contribution in [2.45, 2.75) is 25.0 Å². The summed E-state index contributed by atoms with van der Waals surface area (Å²) >= 11 is 0. The molecule has 4 atom stereocenters. The van der Waals surface area contributed by atoms with Crippen LogP contribution in [0.1, 0.15) is 29.2 Å². The molecule has 7 nitrogen and oxygen atoms in total. The van der Waals surface area contributed by atoms with Crippen molar-refractivity contribution in [3.8, 4) is 5.69 Å². The number of carbonyl (C=O) groups is 1. The third-order valence-corrected chi connectivity index (χ3v) is 7.12. The van der Waals surface area contributed by atoms with E-state index in [1.54, 1.807) is 10.9 Å². The van der Waals surface area contributed by atoms with E-state index in [4.69, 9.17) is 0 Å². The van der Waals surface area contributed by atoms with Gasteiger partial charge in [0, 0.05) is 31.0 Å². The van der Waals surface area contributed by atoms with Gasteiger partial charge >= 0.3 is 0 Å². The predicted octanol–water partition coefficient (Wildman–Crippen LogP) is 3.31. The molecule has 3 heterocycles. The van der Waals surface area contributed by atoms with Gasteiger partial charge in [0.05, 0.1) is 35.2 Å². The van der Waals surface area contributed by atoms with Crippen LogP contribution in [-0.4, -0.2) is 54.4 Å². The topological polar surface area (TPSA) is 76.2 Å². The average Bonchev–Trinajstić information content (AvgIpc) is 3.57. The Kier molecular flexibility index (Phi) is 4.57. The normalized spacial score (nSPS) is 25.2. The van der Waals surface area contributed by atoms with E-state index in [1.165, 1.54) is 0 Å². The Morgan fingerprint density at radius 3 is 2.53 bits per heavy atom. The first kappa shape index (κ1) is 19.3. The average molecular weight is 428 g/mol. The number of aromatic nitrogens is 4. The van der Waals surface area contributed by atoms with Gasteiger partial charge in [-0.1, -0.05) is 12.1 Å². The number of hydrogen-bond acceptors (Lipinski definition) is 4. The number of aliphatic hydroxyl groups excluding tert-OH is 1. The molecule has 2 fully saturated rings. The number of rotatable bonds is 3.